The molecular weight excluding hydrogens is 468 g/mol. The zero-order chi connectivity index (χ0) is 27.8. The highest BCUT2D eigenvalue weighted by molar-refractivity contribution is 5.71. The Kier molecular flexibility index (Phi) is 7.14. The smallest absolute Gasteiger partial charge is 0.306 e. The Labute approximate surface area is 223 Å². The van der Waals surface area contributed by atoms with Gasteiger partial charge in [0.25, 0.3) is 0 Å². The summed E-state index contributed by atoms with van der Waals surface area (Å²) in [5.74, 6) is -1.27. The summed E-state index contributed by atoms with van der Waals surface area (Å²) in [6.07, 6.45) is 6.48. The van der Waals surface area contributed by atoms with Gasteiger partial charge < -0.3 is 15.3 Å². The molecule has 5 N–H and O–H groups in total. The number of aliphatic hydroxyl groups excluding tert-OH is 2. The lowest BCUT2D eigenvalue weighted by atomic mass is 9.39. The van der Waals surface area contributed by atoms with Gasteiger partial charge in [-0.05, 0) is 74.0 Å². The molecule has 9 atom stereocenters. The van der Waals surface area contributed by atoms with Crippen molar-refractivity contribution >= 4 is 5.97 Å². The van der Waals surface area contributed by atoms with E-state index in [4.69, 9.17) is 10.1 Å². The first-order valence-electron chi connectivity index (χ1n) is 14.4. The number of hydrogen-bond acceptors (Lipinski definition) is 4. The average molecular weight is 520 g/mol. The van der Waals surface area contributed by atoms with Crippen LogP contribution >= 0.6 is 0 Å². The minimum absolute atomic E-state index is 0.185. The van der Waals surface area contributed by atoms with Gasteiger partial charge in [0.1, 0.15) is 0 Å². The maximum atomic E-state index is 12.6. The minimum Gasteiger partial charge on any atom is -0.481 e. The van der Waals surface area contributed by atoms with Crippen LogP contribution in [0.25, 0.3) is 0 Å². The van der Waals surface area contributed by atoms with Gasteiger partial charge in [-0.2, -0.15) is 0 Å². The molecular formula is C31H51O6+. The van der Waals surface area contributed by atoms with Crippen molar-refractivity contribution < 1.29 is 30.3 Å². The molecule has 3 saturated carbocycles. The average Bonchev–Trinajstić information content (AvgIpc) is 3.02. The standard InChI is InChI=1S/C31H50O6/c1-18(2)19(3)9-10-20(26(34)35)25-23(32)17-30(8)22-12-16-31(37-36)27(4,5)24(33)13-15-28(31,6)21(22)11-14-29(25,30)7/h11,18,20,22-25,32-33,36H,3,9-10,12-17H2,1-2,4-8H3,(H,34,35)/p+1/t20-,22?,23-,24+,25+,28-,29-,30+,31-/m1/s1. The van der Waals surface area contributed by atoms with Crippen LogP contribution in [0.3, 0.4) is 0 Å². The van der Waals surface area contributed by atoms with Gasteiger partial charge in [0.2, 0.25) is 0 Å². The van der Waals surface area contributed by atoms with Crippen LogP contribution in [0, 0.1) is 45.3 Å². The van der Waals surface area contributed by atoms with Crippen molar-refractivity contribution in [3.05, 3.63) is 23.8 Å². The van der Waals surface area contributed by atoms with Crippen molar-refractivity contribution in [3.63, 3.8) is 0 Å². The summed E-state index contributed by atoms with van der Waals surface area (Å²) in [5, 5.41) is 41.1. The number of fused-ring (bicyclic) bond motifs is 5. The molecule has 0 saturated heterocycles. The van der Waals surface area contributed by atoms with E-state index in [2.05, 4.69) is 47.3 Å². The van der Waals surface area contributed by atoms with Crippen LogP contribution in [0.5, 0.6) is 0 Å². The van der Waals surface area contributed by atoms with Crippen molar-refractivity contribution in [3.8, 4) is 0 Å². The number of rotatable bonds is 7. The van der Waals surface area contributed by atoms with Crippen molar-refractivity contribution in [2.24, 2.45) is 45.3 Å². The van der Waals surface area contributed by atoms with E-state index in [1.807, 2.05) is 13.8 Å². The number of carboxylic acid groups (broad SMARTS) is 1. The predicted molar refractivity (Wildman–Crippen MR) is 145 cm³/mol. The van der Waals surface area contributed by atoms with Gasteiger partial charge in [-0.25, -0.2) is 0 Å². The highest BCUT2D eigenvalue weighted by Crippen LogP contribution is 2.74. The Morgan fingerprint density at radius 1 is 1.14 bits per heavy atom. The zero-order valence-electron chi connectivity index (χ0n) is 24.1. The van der Waals surface area contributed by atoms with E-state index in [1.165, 1.54) is 5.57 Å². The maximum absolute atomic E-state index is 12.6. The fraction of sp³-hybridized carbons (Fsp3) is 0.839. The van der Waals surface area contributed by atoms with E-state index in [0.717, 1.165) is 18.4 Å². The molecule has 0 radical (unpaired) electrons. The van der Waals surface area contributed by atoms with Gasteiger partial charge in [-0.3, -0.25) is 10.1 Å². The van der Waals surface area contributed by atoms with E-state index in [9.17, 15) is 20.1 Å². The Morgan fingerprint density at radius 3 is 2.35 bits per heavy atom. The first-order chi connectivity index (χ1) is 17.0. The van der Waals surface area contributed by atoms with Gasteiger partial charge in [-0.15, -0.1) is 4.89 Å². The molecule has 4 rings (SSSR count). The molecule has 4 aliphatic carbocycles. The Bertz CT molecular complexity index is 969. The van der Waals surface area contributed by atoms with E-state index >= 15 is 0 Å². The van der Waals surface area contributed by atoms with E-state index in [0.29, 0.717) is 44.4 Å². The lowest BCUT2D eigenvalue weighted by Crippen LogP contribution is -2.69. The van der Waals surface area contributed by atoms with Crippen LogP contribution < -0.4 is 0 Å². The third-order valence-electron chi connectivity index (χ3n) is 12.6. The second kappa shape index (κ2) is 9.18. The molecule has 0 aliphatic heterocycles. The van der Waals surface area contributed by atoms with E-state index in [1.54, 1.807) is 0 Å². The molecule has 3 fully saturated rings. The van der Waals surface area contributed by atoms with E-state index < -0.39 is 40.5 Å². The summed E-state index contributed by atoms with van der Waals surface area (Å²) >= 11 is 0. The molecule has 1 unspecified atom stereocenters. The molecule has 4 aliphatic rings. The first kappa shape index (κ1) is 28.8. The predicted octanol–water partition coefficient (Wildman–Crippen LogP) is 5.40. The molecule has 0 amide bonds. The second-order valence-corrected chi connectivity index (χ2v) is 14.4. The first-order valence-corrected chi connectivity index (χ1v) is 14.4. The summed E-state index contributed by atoms with van der Waals surface area (Å²) in [6, 6.07) is 0. The van der Waals surface area contributed by atoms with Crippen LogP contribution in [0.1, 0.15) is 99.8 Å². The topological polar surface area (TPSA) is 110 Å². The third-order valence-corrected chi connectivity index (χ3v) is 12.6. The number of aliphatic hydroxyl groups is 2. The summed E-state index contributed by atoms with van der Waals surface area (Å²) in [5.41, 5.74) is -0.00625. The number of allylic oxidation sites excluding steroid dienone is 2. The highest BCUT2D eigenvalue weighted by Gasteiger charge is 2.73. The Balaban J connectivity index is 1.75. The van der Waals surface area contributed by atoms with Crippen molar-refractivity contribution in [2.45, 2.75) is 118 Å². The quantitative estimate of drug-likeness (QED) is 0.181. The molecule has 0 bridgehead atoms. The lowest BCUT2D eigenvalue weighted by Gasteiger charge is -2.66. The Morgan fingerprint density at radius 2 is 1.78 bits per heavy atom. The lowest BCUT2D eigenvalue weighted by molar-refractivity contribution is -0.403. The fourth-order valence-electron chi connectivity index (χ4n) is 9.79. The molecule has 0 aromatic rings. The van der Waals surface area contributed by atoms with Gasteiger partial charge >= 0.3 is 5.97 Å². The van der Waals surface area contributed by atoms with Crippen molar-refractivity contribution in [1.29, 1.82) is 0 Å². The second-order valence-electron chi connectivity index (χ2n) is 14.4. The van der Waals surface area contributed by atoms with Crippen molar-refractivity contribution in [2.75, 3.05) is 0 Å². The largest absolute Gasteiger partial charge is 0.481 e. The SMILES string of the molecule is C=C(CC[C@@H](C(=O)O)[C@H]1[C@H](O)C[C@@]2(C)C3CC[C@@]4(O[OH2+])C(C)(C)[C@@H](O)CC[C@]4(C)C3=CC[C@]12C)C(C)C. The normalized spacial score (nSPS) is 45.4. The molecule has 0 spiro atoms. The number of hydrogen-bond donors (Lipinski definition) is 3. The van der Waals surface area contributed by atoms with Crippen LogP contribution in [0.4, 0.5) is 0 Å². The summed E-state index contributed by atoms with van der Waals surface area (Å²) in [4.78, 5) is 18.3. The zero-order valence-corrected chi connectivity index (χ0v) is 24.1. The van der Waals surface area contributed by atoms with Crippen LogP contribution in [0.15, 0.2) is 23.8 Å². The fourth-order valence-corrected chi connectivity index (χ4v) is 9.79. The Hall–Kier alpha value is -1.21. The van der Waals surface area contributed by atoms with Crippen LogP contribution in [0.2, 0.25) is 0 Å². The van der Waals surface area contributed by atoms with Gasteiger partial charge in [0.05, 0.1) is 18.1 Å². The number of aliphatic carboxylic acids is 1. The van der Waals surface area contributed by atoms with Crippen LogP contribution in [-0.4, -0.2) is 44.4 Å². The van der Waals surface area contributed by atoms with Gasteiger partial charge in [0, 0.05) is 16.7 Å². The third kappa shape index (κ3) is 3.68. The van der Waals surface area contributed by atoms with Gasteiger partial charge in [-0.1, -0.05) is 72.3 Å². The molecule has 0 heterocycles. The highest BCUT2D eigenvalue weighted by atomic mass is 17.1. The van der Waals surface area contributed by atoms with Crippen molar-refractivity contribution in [1.82, 2.24) is 0 Å². The number of carboxylic acids is 1. The summed E-state index contributed by atoms with van der Waals surface area (Å²) in [7, 11) is 0. The monoisotopic (exact) mass is 519 g/mol. The molecule has 6 nitrogen and oxygen atoms in total. The van der Waals surface area contributed by atoms with Gasteiger partial charge in [0.15, 0.2) is 5.60 Å². The summed E-state index contributed by atoms with van der Waals surface area (Å²) in [6.45, 7) is 19.1. The van der Waals surface area contributed by atoms with Crippen LogP contribution in [-0.2, 0) is 9.68 Å². The molecule has 210 valence electrons. The number of carbonyl (C=O) groups is 1. The van der Waals surface area contributed by atoms with E-state index in [-0.39, 0.29) is 22.7 Å². The summed E-state index contributed by atoms with van der Waals surface area (Å²) < 4.78 is 0. The molecule has 0 aromatic carbocycles. The molecule has 37 heavy (non-hydrogen) atoms. The molecule has 6 heteroatoms. The molecule has 0 aromatic heterocycles. The minimum atomic E-state index is -0.818. The maximum Gasteiger partial charge on any atom is 0.306 e.